The number of benzene rings is 1. The second kappa shape index (κ2) is 5.63. The molecule has 20 heavy (non-hydrogen) atoms. The number of nitrogens with one attached hydrogen (secondary N) is 1. The predicted octanol–water partition coefficient (Wildman–Crippen LogP) is 2.80. The highest BCUT2D eigenvalue weighted by molar-refractivity contribution is 7.00. The van der Waals surface area contributed by atoms with E-state index in [0.29, 0.717) is 16.2 Å². The number of carbonyl (C=O) groups is 1. The molecule has 7 heteroatoms. The minimum Gasteiger partial charge on any atom is -0.328 e. The van der Waals surface area contributed by atoms with Crippen LogP contribution < -0.4 is 11.1 Å². The molecule has 3 rings (SSSR count). The number of rotatable bonds is 2. The van der Waals surface area contributed by atoms with Crippen molar-refractivity contribution in [3.05, 3.63) is 17.2 Å². The van der Waals surface area contributed by atoms with Crippen LogP contribution in [0.3, 0.4) is 0 Å². The molecule has 0 saturated heterocycles. The van der Waals surface area contributed by atoms with Crippen LogP contribution in [0.4, 0.5) is 5.69 Å². The van der Waals surface area contributed by atoms with Gasteiger partial charge in [-0.3, -0.25) is 4.79 Å². The highest BCUT2D eigenvalue weighted by Gasteiger charge is 2.26. The molecule has 1 aromatic carbocycles. The number of carbonyl (C=O) groups excluding carboxylic acids is 1. The number of amides is 1. The standard InChI is InChI=1S/C13H15ClN4OS/c14-9-4-5-10-12(18-20-17-10)11(9)16-13(19)7-2-1-3-8(15)6-7/h4-5,7-8H,1-3,6,15H2,(H,16,19). The third-order valence-corrected chi connectivity index (χ3v) is 4.57. The van der Waals surface area contributed by atoms with E-state index in [1.807, 2.05) is 0 Å². The molecular weight excluding hydrogens is 296 g/mol. The van der Waals surface area contributed by atoms with E-state index >= 15 is 0 Å². The van der Waals surface area contributed by atoms with Crippen LogP contribution in [0, 0.1) is 5.92 Å². The van der Waals surface area contributed by atoms with Gasteiger partial charge in [0.1, 0.15) is 11.0 Å². The van der Waals surface area contributed by atoms with Crippen molar-refractivity contribution in [1.29, 1.82) is 0 Å². The van der Waals surface area contributed by atoms with Crippen molar-refractivity contribution in [1.82, 2.24) is 8.75 Å². The van der Waals surface area contributed by atoms with Gasteiger partial charge in [-0.25, -0.2) is 0 Å². The predicted molar refractivity (Wildman–Crippen MR) is 81.0 cm³/mol. The Balaban J connectivity index is 1.83. The first-order chi connectivity index (χ1) is 9.65. The Morgan fingerprint density at radius 3 is 3.05 bits per heavy atom. The van der Waals surface area contributed by atoms with Gasteiger partial charge in [-0.15, -0.1) is 0 Å². The lowest BCUT2D eigenvalue weighted by Crippen LogP contribution is -2.34. The van der Waals surface area contributed by atoms with E-state index in [-0.39, 0.29) is 17.9 Å². The summed E-state index contributed by atoms with van der Waals surface area (Å²) in [5, 5.41) is 3.39. The van der Waals surface area contributed by atoms with Crippen molar-refractivity contribution < 1.29 is 4.79 Å². The molecule has 1 aliphatic carbocycles. The summed E-state index contributed by atoms with van der Waals surface area (Å²) in [5.41, 5.74) is 7.89. The second-order valence-corrected chi connectivity index (χ2v) is 6.10. The first kappa shape index (κ1) is 13.7. The van der Waals surface area contributed by atoms with E-state index in [1.54, 1.807) is 12.1 Å². The Hall–Kier alpha value is -1.24. The molecule has 1 heterocycles. The smallest absolute Gasteiger partial charge is 0.227 e. The van der Waals surface area contributed by atoms with Gasteiger partial charge in [0.15, 0.2) is 0 Å². The number of anilines is 1. The Labute approximate surface area is 125 Å². The first-order valence-corrected chi connectivity index (χ1v) is 7.73. The lowest BCUT2D eigenvalue weighted by atomic mass is 9.85. The number of halogens is 1. The molecule has 106 valence electrons. The molecule has 0 bridgehead atoms. The maximum atomic E-state index is 12.4. The van der Waals surface area contributed by atoms with E-state index in [1.165, 1.54) is 0 Å². The van der Waals surface area contributed by atoms with Crippen LogP contribution in [-0.4, -0.2) is 20.7 Å². The van der Waals surface area contributed by atoms with Crippen molar-refractivity contribution in [2.24, 2.45) is 11.7 Å². The number of nitrogens with zero attached hydrogens (tertiary/aromatic N) is 2. The molecule has 2 atom stereocenters. The summed E-state index contributed by atoms with van der Waals surface area (Å²) < 4.78 is 8.35. The van der Waals surface area contributed by atoms with Crippen molar-refractivity contribution >= 4 is 46.0 Å². The second-order valence-electron chi connectivity index (χ2n) is 5.17. The number of fused-ring (bicyclic) bond motifs is 1. The van der Waals surface area contributed by atoms with Crippen LogP contribution in [0.25, 0.3) is 11.0 Å². The molecule has 5 nitrogen and oxygen atoms in total. The Kier molecular flexibility index (Phi) is 3.87. The summed E-state index contributed by atoms with van der Waals surface area (Å²) in [7, 11) is 0. The molecular formula is C13H15ClN4OS. The third-order valence-electron chi connectivity index (χ3n) is 3.71. The molecule has 0 aliphatic heterocycles. The van der Waals surface area contributed by atoms with Crippen molar-refractivity contribution in [2.45, 2.75) is 31.7 Å². The van der Waals surface area contributed by atoms with Gasteiger partial charge in [0.25, 0.3) is 0 Å². The zero-order valence-corrected chi connectivity index (χ0v) is 12.4. The fraction of sp³-hybridized carbons (Fsp3) is 0.462. The van der Waals surface area contributed by atoms with Crippen molar-refractivity contribution in [3.8, 4) is 0 Å². The highest BCUT2D eigenvalue weighted by Crippen LogP contribution is 2.31. The molecule has 3 N–H and O–H groups in total. The van der Waals surface area contributed by atoms with Crippen molar-refractivity contribution in [3.63, 3.8) is 0 Å². The van der Waals surface area contributed by atoms with Gasteiger partial charge in [0.2, 0.25) is 5.91 Å². The lowest BCUT2D eigenvalue weighted by molar-refractivity contribution is -0.120. The molecule has 1 aromatic heterocycles. The maximum absolute atomic E-state index is 12.4. The fourth-order valence-electron chi connectivity index (χ4n) is 2.64. The lowest BCUT2D eigenvalue weighted by Gasteiger charge is -2.25. The topological polar surface area (TPSA) is 80.9 Å². The summed E-state index contributed by atoms with van der Waals surface area (Å²) in [6.07, 6.45) is 3.60. The largest absolute Gasteiger partial charge is 0.328 e. The van der Waals surface area contributed by atoms with E-state index in [2.05, 4.69) is 14.1 Å². The normalized spacial score (nSPS) is 22.9. The van der Waals surface area contributed by atoms with Crippen LogP contribution in [0.5, 0.6) is 0 Å². The van der Waals surface area contributed by atoms with Gasteiger partial charge in [-0.1, -0.05) is 18.0 Å². The van der Waals surface area contributed by atoms with E-state index < -0.39 is 0 Å². The summed E-state index contributed by atoms with van der Waals surface area (Å²) >= 11 is 7.28. The van der Waals surface area contributed by atoms with Gasteiger partial charge in [-0.05, 0) is 31.4 Å². The van der Waals surface area contributed by atoms with Gasteiger partial charge >= 0.3 is 0 Å². The van der Waals surface area contributed by atoms with Gasteiger partial charge in [0.05, 0.1) is 22.4 Å². The summed E-state index contributed by atoms with van der Waals surface area (Å²) in [6.45, 7) is 0. The monoisotopic (exact) mass is 310 g/mol. The Bertz CT molecular complexity index is 644. The van der Waals surface area contributed by atoms with Crippen molar-refractivity contribution in [2.75, 3.05) is 5.32 Å². The number of hydrogen-bond donors (Lipinski definition) is 2. The average molecular weight is 311 g/mol. The summed E-state index contributed by atoms with van der Waals surface area (Å²) in [4.78, 5) is 12.4. The SMILES string of the molecule is NC1CCCC(C(=O)Nc2c(Cl)ccc3nsnc23)C1. The fourth-order valence-corrected chi connectivity index (χ4v) is 3.38. The van der Waals surface area contributed by atoms with E-state index in [4.69, 9.17) is 17.3 Å². The molecule has 1 saturated carbocycles. The van der Waals surface area contributed by atoms with Gasteiger partial charge in [0, 0.05) is 12.0 Å². The molecule has 1 fully saturated rings. The third kappa shape index (κ3) is 2.63. The van der Waals surface area contributed by atoms with Crippen LogP contribution in [0.2, 0.25) is 5.02 Å². The molecule has 0 spiro atoms. The van der Waals surface area contributed by atoms with Gasteiger partial charge < -0.3 is 11.1 Å². The Morgan fingerprint density at radius 1 is 1.40 bits per heavy atom. The van der Waals surface area contributed by atoms with Crippen LogP contribution in [0.1, 0.15) is 25.7 Å². The minimum atomic E-state index is -0.0448. The minimum absolute atomic E-state index is 0.0254. The quantitative estimate of drug-likeness (QED) is 0.893. The number of nitrogens with two attached hydrogens (primary N) is 1. The molecule has 1 amide bonds. The summed E-state index contributed by atoms with van der Waals surface area (Å²) in [6, 6.07) is 3.65. The zero-order valence-electron chi connectivity index (χ0n) is 10.8. The van der Waals surface area contributed by atoms with Crippen LogP contribution >= 0.6 is 23.3 Å². The van der Waals surface area contributed by atoms with Crippen LogP contribution in [0.15, 0.2) is 12.1 Å². The molecule has 2 aromatic rings. The maximum Gasteiger partial charge on any atom is 0.227 e. The zero-order chi connectivity index (χ0) is 14.1. The number of hydrogen-bond acceptors (Lipinski definition) is 5. The molecule has 2 unspecified atom stereocenters. The first-order valence-electron chi connectivity index (χ1n) is 6.62. The van der Waals surface area contributed by atoms with E-state index in [9.17, 15) is 4.79 Å². The van der Waals surface area contributed by atoms with E-state index in [0.717, 1.165) is 42.9 Å². The molecule has 0 radical (unpaired) electrons. The Morgan fingerprint density at radius 2 is 2.25 bits per heavy atom. The van der Waals surface area contributed by atoms with Crippen LogP contribution in [-0.2, 0) is 4.79 Å². The number of aromatic nitrogens is 2. The summed E-state index contributed by atoms with van der Waals surface area (Å²) in [5.74, 6) is -0.0702. The highest BCUT2D eigenvalue weighted by atomic mass is 35.5. The van der Waals surface area contributed by atoms with Gasteiger partial charge in [-0.2, -0.15) is 8.75 Å². The molecule has 1 aliphatic rings. The average Bonchev–Trinajstić information content (AvgIpc) is 2.90.